The summed E-state index contributed by atoms with van der Waals surface area (Å²) in [6.07, 6.45) is 3.39. The van der Waals surface area contributed by atoms with Gasteiger partial charge in [-0.25, -0.2) is 15.0 Å². The normalized spacial score (nSPS) is 9.85. The Hall–Kier alpha value is -1.31. The SMILES string of the molecule is Br.Brc1ccc(-c2csc(Nc3ncccn3)n2)cc1. The van der Waals surface area contributed by atoms with E-state index in [2.05, 4.69) is 36.2 Å². The summed E-state index contributed by atoms with van der Waals surface area (Å²) in [5.41, 5.74) is 2.03. The lowest BCUT2D eigenvalue weighted by atomic mass is 10.2. The molecule has 0 atom stereocenters. The van der Waals surface area contributed by atoms with Crippen LogP contribution in [0, 0.1) is 0 Å². The molecule has 0 bridgehead atoms. The predicted molar refractivity (Wildman–Crippen MR) is 90.9 cm³/mol. The Labute approximate surface area is 139 Å². The topological polar surface area (TPSA) is 50.7 Å². The van der Waals surface area contributed by atoms with Crippen LogP contribution in [0.2, 0.25) is 0 Å². The van der Waals surface area contributed by atoms with Crippen LogP contribution >= 0.6 is 44.2 Å². The third-order valence-electron chi connectivity index (χ3n) is 2.43. The van der Waals surface area contributed by atoms with Gasteiger partial charge in [0.1, 0.15) is 0 Å². The minimum Gasteiger partial charge on any atom is -0.300 e. The number of nitrogens with one attached hydrogen (secondary N) is 1. The molecular formula is C13H10Br2N4S. The summed E-state index contributed by atoms with van der Waals surface area (Å²) in [7, 11) is 0. The maximum absolute atomic E-state index is 4.52. The lowest BCUT2D eigenvalue weighted by Crippen LogP contribution is -1.94. The summed E-state index contributed by atoms with van der Waals surface area (Å²) in [6, 6.07) is 9.84. The lowest BCUT2D eigenvalue weighted by molar-refractivity contribution is 1.16. The summed E-state index contributed by atoms with van der Waals surface area (Å²) in [6.45, 7) is 0. The Bertz CT molecular complexity index is 670. The van der Waals surface area contributed by atoms with E-state index in [0.717, 1.165) is 20.9 Å². The van der Waals surface area contributed by atoms with Gasteiger partial charge < -0.3 is 5.32 Å². The molecule has 0 saturated carbocycles. The van der Waals surface area contributed by atoms with Crippen LogP contribution in [0.1, 0.15) is 0 Å². The van der Waals surface area contributed by atoms with Crippen LogP contribution in [0.15, 0.2) is 52.6 Å². The zero-order chi connectivity index (χ0) is 13.1. The fourth-order valence-corrected chi connectivity index (χ4v) is 2.52. The molecule has 1 aromatic carbocycles. The second-order valence-electron chi connectivity index (χ2n) is 3.74. The highest BCUT2D eigenvalue weighted by molar-refractivity contribution is 9.10. The number of benzene rings is 1. The van der Waals surface area contributed by atoms with Gasteiger partial charge >= 0.3 is 0 Å². The first-order valence-corrected chi connectivity index (χ1v) is 7.24. The first kappa shape index (κ1) is 15.1. The van der Waals surface area contributed by atoms with Gasteiger partial charge in [0.25, 0.3) is 0 Å². The van der Waals surface area contributed by atoms with E-state index >= 15 is 0 Å². The Morgan fingerprint density at radius 2 is 1.75 bits per heavy atom. The number of halogens is 2. The molecule has 0 unspecified atom stereocenters. The highest BCUT2D eigenvalue weighted by atomic mass is 79.9. The smallest absolute Gasteiger partial charge is 0.228 e. The Morgan fingerprint density at radius 1 is 1.05 bits per heavy atom. The molecule has 1 N–H and O–H groups in total. The number of aromatic nitrogens is 3. The summed E-state index contributed by atoms with van der Waals surface area (Å²) in [5.74, 6) is 0.555. The number of rotatable bonds is 3. The summed E-state index contributed by atoms with van der Waals surface area (Å²) >= 11 is 4.95. The van der Waals surface area contributed by atoms with Gasteiger partial charge in [-0.3, -0.25) is 0 Å². The van der Waals surface area contributed by atoms with Gasteiger partial charge in [0, 0.05) is 27.8 Å². The van der Waals surface area contributed by atoms with Gasteiger partial charge in [-0.15, -0.1) is 28.3 Å². The zero-order valence-corrected chi connectivity index (χ0v) is 14.3. The average Bonchev–Trinajstić information content (AvgIpc) is 2.89. The standard InChI is InChI=1S/C13H9BrN4S.BrH/c14-10-4-2-9(3-5-10)11-8-19-13(17-11)18-12-15-6-1-7-16-12;/h1-8H,(H,15,16,17,18);1H. The van der Waals surface area contributed by atoms with Crippen molar-refractivity contribution in [2.45, 2.75) is 0 Å². The molecule has 2 aromatic heterocycles. The lowest BCUT2D eigenvalue weighted by Gasteiger charge is -1.99. The average molecular weight is 414 g/mol. The molecular weight excluding hydrogens is 404 g/mol. The number of thiazole rings is 1. The molecule has 20 heavy (non-hydrogen) atoms. The Balaban J connectivity index is 0.00000147. The molecule has 0 aliphatic rings. The van der Waals surface area contributed by atoms with Crippen LogP contribution in [-0.2, 0) is 0 Å². The quantitative estimate of drug-likeness (QED) is 0.676. The molecule has 0 fully saturated rings. The molecule has 3 rings (SSSR count). The molecule has 0 radical (unpaired) electrons. The third kappa shape index (κ3) is 3.62. The van der Waals surface area contributed by atoms with E-state index in [1.54, 1.807) is 18.5 Å². The van der Waals surface area contributed by atoms with E-state index in [9.17, 15) is 0 Å². The molecule has 102 valence electrons. The first-order valence-electron chi connectivity index (χ1n) is 5.57. The van der Waals surface area contributed by atoms with E-state index in [1.807, 2.05) is 29.6 Å². The molecule has 0 spiro atoms. The highest BCUT2D eigenvalue weighted by Crippen LogP contribution is 2.27. The largest absolute Gasteiger partial charge is 0.300 e. The van der Waals surface area contributed by atoms with Crippen LogP contribution in [0.3, 0.4) is 0 Å². The Kier molecular flexibility index (Phi) is 5.22. The minimum absolute atomic E-state index is 0. The van der Waals surface area contributed by atoms with Crippen LogP contribution in [-0.4, -0.2) is 15.0 Å². The van der Waals surface area contributed by atoms with Crippen LogP contribution < -0.4 is 5.32 Å². The maximum atomic E-state index is 4.52. The number of anilines is 2. The van der Waals surface area contributed by atoms with Gasteiger partial charge in [0.2, 0.25) is 5.95 Å². The number of hydrogen-bond acceptors (Lipinski definition) is 5. The van der Waals surface area contributed by atoms with Gasteiger partial charge in [0.15, 0.2) is 5.13 Å². The van der Waals surface area contributed by atoms with E-state index < -0.39 is 0 Å². The predicted octanol–water partition coefficient (Wildman–Crippen LogP) is 4.68. The molecule has 0 aliphatic heterocycles. The molecule has 3 aromatic rings. The number of hydrogen-bond donors (Lipinski definition) is 1. The Morgan fingerprint density at radius 3 is 2.45 bits per heavy atom. The molecule has 7 heteroatoms. The molecule has 0 saturated heterocycles. The van der Waals surface area contributed by atoms with Gasteiger partial charge in [-0.2, -0.15) is 0 Å². The van der Waals surface area contributed by atoms with Crippen molar-refractivity contribution in [2.75, 3.05) is 5.32 Å². The molecule has 0 aliphatic carbocycles. The highest BCUT2D eigenvalue weighted by Gasteiger charge is 2.05. The summed E-state index contributed by atoms with van der Waals surface area (Å²) < 4.78 is 1.06. The number of nitrogens with zero attached hydrogens (tertiary/aromatic N) is 3. The van der Waals surface area contributed by atoms with E-state index in [1.165, 1.54) is 11.3 Å². The van der Waals surface area contributed by atoms with Gasteiger partial charge in [0.05, 0.1) is 5.69 Å². The fourth-order valence-electron chi connectivity index (χ4n) is 1.54. The zero-order valence-electron chi connectivity index (χ0n) is 10.2. The van der Waals surface area contributed by atoms with Crippen molar-refractivity contribution in [1.82, 2.24) is 15.0 Å². The minimum atomic E-state index is 0. The van der Waals surface area contributed by atoms with Crippen molar-refractivity contribution >= 4 is 55.3 Å². The van der Waals surface area contributed by atoms with Crippen molar-refractivity contribution in [3.63, 3.8) is 0 Å². The van der Waals surface area contributed by atoms with E-state index in [-0.39, 0.29) is 17.0 Å². The van der Waals surface area contributed by atoms with Crippen molar-refractivity contribution in [3.05, 3.63) is 52.6 Å². The summed E-state index contributed by atoms with van der Waals surface area (Å²) in [5, 5.41) is 5.87. The van der Waals surface area contributed by atoms with Crippen LogP contribution in [0.4, 0.5) is 11.1 Å². The second-order valence-corrected chi connectivity index (χ2v) is 5.52. The first-order chi connectivity index (χ1) is 9.31. The second kappa shape index (κ2) is 6.92. The molecule has 0 amide bonds. The maximum Gasteiger partial charge on any atom is 0.228 e. The van der Waals surface area contributed by atoms with Crippen LogP contribution in [0.5, 0.6) is 0 Å². The van der Waals surface area contributed by atoms with Crippen molar-refractivity contribution in [3.8, 4) is 11.3 Å². The van der Waals surface area contributed by atoms with E-state index in [0.29, 0.717) is 5.95 Å². The summed E-state index contributed by atoms with van der Waals surface area (Å²) in [4.78, 5) is 12.7. The van der Waals surface area contributed by atoms with Gasteiger partial charge in [-0.1, -0.05) is 28.1 Å². The van der Waals surface area contributed by atoms with Crippen LogP contribution in [0.25, 0.3) is 11.3 Å². The molecule has 4 nitrogen and oxygen atoms in total. The van der Waals surface area contributed by atoms with Crippen molar-refractivity contribution in [2.24, 2.45) is 0 Å². The van der Waals surface area contributed by atoms with Gasteiger partial charge in [-0.05, 0) is 18.2 Å². The third-order valence-corrected chi connectivity index (χ3v) is 3.72. The van der Waals surface area contributed by atoms with Crippen molar-refractivity contribution in [1.29, 1.82) is 0 Å². The monoisotopic (exact) mass is 412 g/mol. The fraction of sp³-hybridized carbons (Fsp3) is 0. The van der Waals surface area contributed by atoms with E-state index in [4.69, 9.17) is 0 Å². The molecule has 2 heterocycles. The van der Waals surface area contributed by atoms with Crippen molar-refractivity contribution < 1.29 is 0 Å².